The Bertz CT molecular complexity index is 1520. The van der Waals surface area contributed by atoms with E-state index >= 15 is 0 Å². The largest absolute Gasteiger partial charge is 0.492 e. The summed E-state index contributed by atoms with van der Waals surface area (Å²) in [6.45, 7) is 4.55. The van der Waals surface area contributed by atoms with Crippen molar-refractivity contribution in [2.24, 2.45) is 5.10 Å². The SMILES string of the molecule is CCOc1cccc2cc(/C=N/Nc3nc(-c4ccccc4)c4cc(C)ccc4n3)c(Cl)nc12. The highest BCUT2D eigenvalue weighted by Gasteiger charge is 2.11. The second kappa shape index (κ2) is 9.45. The first-order valence-electron chi connectivity index (χ1n) is 11.0. The Morgan fingerprint density at radius 2 is 1.82 bits per heavy atom. The molecule has 0 saturated carbocycles. The fourth-order valence-electron chi connectivity index (χ4n) is 3.80. The van der Waals surface area contributed by atoms with Crippen molar-refractivity contribution in [1.29, 1.82) is 0 Å². The molecule has 0 bridgehead atoms. The van der Waals surface area contributed by atoms with Crippen LogP contribution in [0.25, 0.3) is 33.1 Å². The maximum atomic E-state index is 6.44. The van der Waals surface area contributed by atoms with E-state index in [9.17, 15) is 0 Å². The van der Waals surface area contributed by atoms with Gasteiger partial charge in [0.25, 0.3) is 0 Å². The first kappa shape index (κ1) is 21.8. The standard InChI is InChI=1S/C27H22ClN5O/c1-3-34-23-11-7-10-19-15-20(26(28)31-25(19)23)16-29-33-27-30-22-13-12-17(2)14-21(22)24(32-27)18-8-5-4-6-9-18/h4-16H,3H2,1-2H3,(H,30,32,33)/b29-16+. The van der Waals surface area contributed by atoms with Crippen molar-refractivity contribution in [3.63, 3.8) is 0 Å². The highest BCUT2D eigenvalue weighted by molar-refractivity contribution is 6.32. The lowest BCUT2D eigenvalue weighted by atomic mass is 10.0. The van der Waals surface area contributed by atoms with Gasteiger partial charge in [-0.25, -0.2) is 20.4 Å². The number of anilines is 1. The van der Waals surface area contributed by atoms with Crippen molar-refractivity contribution >= 4 is 45.6 Å². The van der Waals surface area contributed by atoms with Gasteiger partial charge in [0, 0.05) is 21.9 Å². The number of fused-ring (bicyclic) bond motifs is 2. The Kier molecular flexibility index (Phi) is 6.06. The van der Waals surface area contributed by atoms with Gasteiger partial charge >= 0.3 is 0 Å². The Labute approximate surface area is 202 Å². The van der Waals surface area contributed by atoms with Gasteiger partial charge in [0.15, 0.2) is 0 Å². The maximum absolute atomic E-state index is 6.44. The number of benzene rings is 3. The number of hydrogen-bond acceptors (Lipinski definition) is 6. The molecular formula is C27H22ClN5O. The van der Waals surface area contributed by atoms with E-state index < -0.39 is 0 Å². The highest BCUT2D eigenvalue weighted by Crippen LogP contribution is 2.29. The number of hydrazone groups is 1. The van der Waals surface area contributed by atoms with E-state index in [1.165, 1.54) is 0 Å². The summed E-state index contributed by atoms with van der Waals surface area (Å²) in [6, 6.07) is 23.9. The third-order valence-electron chi connectivity index (χ3n) is 5.36. The number of ether oxygens (including phenoxy) is 1. The summed E-state index contributed by atoms with van der Waals surface area (Å²) in [7, 11) is 0. The maximum Gasteiger partial charge on any atom is 0.244 e. The van der Waals surface area contributed by atoms with Crippen LogP contribution < -0.4 is 10.2 Å². The number of halogens is 1. The molecule has 5 aromatic rings. The number of para-hydroxylation sites is 1. The molecule has 0 unspecified atom stereocenters. The van der Waals surface area contributed by atoms with Crippen LogP contribution in [0.15, 0.2) is 77.9 Å². The number of pyridine rings is 1. The first-order valence-corrected chi connectivity index (χ1v) is 11.3. The third kappa shape index (κ3) is 4.40. The number of hydrogen-bond donors (Lipinski definition) is 1. The number of nitrogens with one attached hydrogen (secondary N) is 1. The van der Waals surface area contributed by atoms with Gasteiger partial charge in [-0.3, -0.25) is 0 Å². The van der Waals surface area contributed by atoms with Crippen molar-refractivity contribution in [1.82, 2.24) is 15.0 Å². The lowest BCUT2D eigenvalue weighted by molar-refractivity contribution is 0.343. The van der Waals surface area contributed by atoms with Crippen LogP contribution in [0.4, 0.5) is 5.95 Å². The fourth-order valence-corrected chi connectivity index (χ4v) is 3.98. The molecule has 0 spiro atoms. The number of aromatic nitrogens is 3. The number of aryl methyl sites for hydroxylation is 1. The zero-order valence-electron chi connectivity index (χ0n) is 18.8. The van der Waals surface area contributed by atoms with Gasteiger partial charge in [-0.15, -0.1) is 0 Å². The van der Waals surface area contributed by atoms with Gasteiger partial charge < -0.3 is 4.74 Å². The molecular weight excluding hydrogens is 446 g/mol. The predicted octanol–water partition coefficient (Wildman–Crippen LogP) is 6.65. The minimum Gasteiger partial charge on any atom is -0.492 e. The Morgan fingerprint density at radius 3 is 2.65 bits per heavy atom. The molecule has 2 heterocycles. The van der Waals surface area contributed by atoms with E-state index in [0.717, 1.165) is 38.6 Å². The van der Waals surface area contributed by atoms with E-state index in [1.54, 1.807) is 6.21 Å². The van der Waals surface area contributed by atoms with Crippen LogP contribution in [0.1, 0.15) is 18.1 Å². The van der Waals surface area contributed by atoms with Crippen LogP contribution in [-0.4, -0.2) is 27.8 Å². The summed E-state index contributed by atoms with van der Waals surface area (Å²) in [5.74, 6) is 1.10. The smallest absolute Gasteiger partial charge is 0.244 e. The summed E-state index contributed by atoms with van der Waals surface area (Å²) in [4.78, 5) is 13.9. The van der Waals surface area contributed by atoms with Gasteiger partial charge in [0.05, 0.1) is 24.0 Å². The van der Waals surface area contributed by atoms with Crippen molar-refractivity contribution < 1.29 is 4.74 Å². The summed E-state index contributed by atoms with van der Waals surface area (Å²) in [6.07, 6.45) is 1.62. The molecule has 6 nitrogen and oxygen atoms in total. The summed E-state index contributed by atoms with van der Waals surface area (Å²) < 4.78 is 5.66. The Balaban J connectivity index is 1.48. The first-order chi connectivity index (χ1) is 16.6. The van der Waals surface area contributed by atoms with Gasteiger partial charge in [0.1, 0.15) is 16.4 Å². The summed E-state index contributed by atoms with van der Waals surface area (Å²) in [5.41, 5.74) is 8.20. The molecule has 0 atom stereocenters. The lowest BCUT2D eigenvalue weighted by Gasteiger charge is -2.09. The van der Waals surface area contributed by atoms with E-state index in [0.29, 0.717) is 29.0 Å². The van der Waals surface area contributed by atoms with Crippen LogP contribution >= 0.6 is 11.6 Å². The zero-order chi connectivity index (χ0) is 23.5. The topological polar surface area (TPSA) is 72.3 Å². The van der Waals surface area contributed by atoms with Crippen LogP contribution in [0.2, 0.25) is 5.15 Å². The molecule has 0 radical (unpaired) electrons. The van der Waals surface area contributed by atoms with Crippen LogP contribution in [0, 0.1) is 6.92 Å². The average Bonchev–Trinajstić information content (AvgIpc) is 2.85. The average molecular weight is 468 g/mol. The molecule has 0 saturated heterocycles. The molecule has 0 amide bonds. The van der Waals surface area contributed by atoms with Crippen LogP contribution in [0.3, 0.4) is 0 Å². The molecule has 5 rings (SSSR count). The summed E-state index contributed by atoms with van der Waals surface area (Å²) in [5, 5.41) is 6.59. The number of nitrogens with zero attached hydrogens (tertiary/aromatic N) is 4. The second-order valence-electron chi connectivity index (χ2n) is 7.78. The molecule has 0 aliphatic carbocycles. The molecule has 7 heteroatoms. The monoisotopic (exact) mass is 467 g/mol. The van der Waals surface area contributed by atoms with Crippen molar-refractivity contribution in [3.8, 4) is 17.0 Å². The van der Waals surface area contributed by atoms with Crippen molar-refractivity contribution in [3.05, 3.63) is 89.1 Å². The minimum absolute atomic E-state index is 0.338. The quantitative estimate of drug-likeness (QED) is 0.172. The van der Waals surface area contributed by atoms with Gasteiger partial charge in [0.2, 0.25) is 5.95 Å². The summed E-state index contributed by atoms with van der Waals surface area (Å²) >= 11 is 6.44. The van der Waals surface area contributed by atoms with E-state index in [2.05, 4.69) is 33.5 Å². The third-order valence-corrected chi connectivity index (χ3v) is 5.66. The fraction of sp³-hybridized carbons (Fsp3) is 0.111. The number of rotatable bonds is 6. The van der Waals surface area contributed by atoms with Crippen LogP contribution in [0.5, 0.6) is 5.75 Å². The van der Waals surface area contributed by atoms with E-state index in [1.807, 2.05) is 73.7 Å². The Morgan fingerprint density at radius 1 is 0.971 bits per heavy atom. The normalized spacial score (nSPS) is 11.4. The van der Waals surface area contributed by atoms with Crippen molar-refractivity contribution in [2.75, 3.05) is 12.0 Å². The Hall–Kier alpha value is -4.03. The van der Waals surface area contributed by atoms with E-state index in [-0.39, 0.29) is 0 Å². The van der Waals surface area contributed by atoms with Crippen molar-refractivity contribution in [2.45, 2.75) is 13.8 Å². The predicted molar refractivity (Wildman–Crippen MR) is 139 cm³/mol. The molecule has 3 aromatic carbocycles. The van der Waals surface area contributed by atoms with Gasteiger partial charge in [-0.05, 0) is 38.1 Å². The molecule has 0 fully saturated rings. The highest BCUT2D eigenvalue weighted by atomic mass is 35.5. The lowest BCUT2D eigenvalue weighted by Crippen LogP contribution is -2.00. The van der Waals surface area contributed by atoms with Gasteiger partial charge in [-0.1, -0.05) is 65.7 Å². The zero-order valence-corrected chi connectivity index (χ0v) is 19.5. The van der Waals surface area contributed by atoms with Crippen LogP contribution in [-0.2, 0) is 0 Å². The molecule has 34 heavy (non-hydrogen) atoms. The molecule has 0 aliphatic rings. The minimum atomic E-state index is 0.338. The van der Waals surface area contributed by atoms with E-state index in [4.69, 9.17) is 21.3 Å². The molecule has 1 N–H and O–H groups in total. The molecule has 2 aromatic heterocycles. The van der Waals surface area contributed by atoms with Gasteiger partial charge in [-0.2, -0.15) is 5.10 Å². The molecule has 0 aliphatic heterocycles. The second-order valence-corrected chi connectivity index (χ2v) is 8.14. The molecule has 168 valence electrons.